The molecule has 1 amide bonds. The number of carbonyl (C=O) groups excluding carboxylic acids is 1. The van der Waals surface area contributed by atoms with Gasteiger partial charge in [0.25, 0.3) is 0 Å². The molecular formula is C18H24Cl2N4OS. The van der Waals surface area contributed by atoms with Gasteiger partial charge in [-0.2, -0.15) is 0 Å². The summed E-state index contributed by atoms with van der Waals surface area (Å²) in [5, 5.41) is 12.7. The molecule has 1 aromatic carbocycles. The number of carbonyl (C=O) groups is 1. The zero-order chi connectivity index (χ0) is 18.9. The first-order chi connectivity index (χ1) is 12.5. The van der Waals surface area contributed by atoms with E-state index in [1.165, 1.54) is 37.4 Å². The number of amides is 1. The number of aryl methyl sites for hydroxylation is 1. The van der Waals surface area contributed by atoms with Gasteiger partial charge in [0, 0.05) is 13.5 Å². The smallest absolute Gasteiger partial charge is 0.234 e. The van der Waals surface area contributed by atoms with Crippen molar-refractivity contribution in [3.8, 4) is 0 Å². The van der Waals surface area contributed by atoms with Crippen LogP contribution in [-0.2, 0) is 18.3 Å². The molecule has 0 fully saturated rings. The number of nitrogens with one attached hydrogen (secondary N) is 1. The highest BCUT2D eigenvalue weighted by Gasteiger charge is 2.13. The number of hydrogen-bond donors (Lipinski definition) is 1. The van der Waals surface area contributed by atoms with E-state index in [1.807, 2.05) is 11.6 Å². The first kappa shape index (κ1) is 21.1. The van der Waals surface area contributed by atoms with E-state index in [1.54, 1.807) is 18.2 Å². The van der Waals surface area contributed by atoms with Crippen molar-refractivity contribution in [2.45, 2.75) is 50.6 Å². The summed E-state index contributed by atoms with van der Waals surface area (Å²) in [7, 11) is 1.94. The molecule has 0 bridgehead atoms. The van der Waals surface area contributed by atoms with Crippen molar-refractivity contribution in [2.75, 3.05) is 11.1 Å². The SMILES string of the molecule is CCCCCCCc1nnc(SCC(=O)Nc2cccc(Cl)c2Cl)n1C. The Balaban J connectivity index is 1.82. The molecule has 2 aromatic rings. The summed E-state index contributed by atoms with van der Waals surface area (Å²) >= 11 is 13.4. The molecule has 2 rings (SSSR count). The Morgan fingerprint density at radius 3 is 2.73 bits per heavy atom. The van der Waals surface area contributed by atoms with Gasteiger partial charge in [-0.1, -0.05) is 73.6 Å². The van der Waals surface area contributed by atoms with Crippen LogP contribution in [0.4, 0.5) is 5.69 Å². The maximum Gasteiger partial charge on any atom is 0.234 e. The van der Waals surface area contributed by atoms with Crippen molar-refractivity contribution < 1.29 is 4.79 Å². The van der Waals surface area contributed by atoms with Gasteiger partial charge in [-0.15, -0.1) is 10.2 Å². The molecule has 0 aliphatic carbocycles. The van der Waals surface area contributed by atoms with E-state index in [0.29, 0.717) is 15.7 Å². The lowest BCUT2D eigenvalue weighted by molar-refractivity contribution is -0.113. The van der Waals surface area contributed by atoms with Crippen LogP contribution in [0.3, 0.4) is 0 Å². The van der Waals surface area contributed by atoms with Gasteiger partial charge in [-0.25, -0.2) is 0 Å². The predicted molar refractivity (Wildman–Crippen MR) is 109 cm³/mol. The number of benzene rings is 1. The van der Waals surface area contributed by atoms with Gasteiger partial charge < -0.3 is 9.88 Å². The van der Waals surface area contributed by atoms with E-state index in [-0.39, 0.29) is 11.7 Å². The maximum absolute atomic E-state index is 12.1. The molecule has 1 aromatic heterocycles. The fourth-order valence-corrected chi connectivity index (χ4v) is 3.57. The normalized spacial score (nSPS) is 10.9. The van der Waals surface area contributed by atoms with Crippen LogP contribution in [0.2, 0.25) is 10.0 Å². The van der Waals surface area contributed by atoms with E-state index in [0.717, 1.165) is 23.8 Å². The Morgan fingerprint density at radius 2 is 1.96 bits per heavy atom. The Morgan fingerprint density at radius 1 is 1.19 bits per heavy atom. The second-order valence-corrected chi connectivity index (χ2v) is 7.79. The number of unbranched alkanes of at least 4 members (excludes halogenated alkanes) is 4. The van der Waals surface area contributed by atoms with Crippen molar-refractivity contribution in [3.05, 3.63) is 34.1 Å². The van der Waals surface area contributed by atoms with Gasteiger partial charge >= 0.3 is 0 Å². The van der Waals surface area contributed by atoms with Gasteiger partial charge in [0.1, 0.15) is 5.82 Å². The van der Waals surface area contributed by atoms with Gasteiger partial charge in [-0.05, 0) is 18.6 Å². The zero-order valence-corrected chi connectivity index (χ0v) is 17.4. The minimum atomic E-state index is -0.164. The molecule has 8 heteroatoms. The van der Waals surface area contributed by atoms with Crippen LogP contribution in [0.1, 0.15) is 44.9 Å². The third-order valence-corrected chi connectivity index (χ3v) is 5.83. The van der Waals surface area contributed by atoms with Crippen molar-refractivity contribution in [1.82, 2.24) is 14.8 Å². The summed E-state index contributed by atoms with van der Waals surface area (Å²) < 4.78 is 1.96. The summed E-state index contributed by atoms with van der Waals surface area (Å²) in [6.45, 7) is 2.21. The lowest BCUT2D eigenvalue weighted by Gasteiger charge is -2.08. The molecule has 142 valence electrons. The molecule has 0 aliphatic rings. The van der Waals surface area contributed by atoms with Gasteiger partial charge in [0.15, 0.2) is 5.16 Å². The molecule has 5 nitrogen and oxygen atoms in total. The van der Waals surface area contributed by atoms with E-state index >= 15 is 0 Å². The van der Waals surface area contributed by atoms with Crippen LogP contribution in [0, 0.1) is 0 Å². The molecule has 0 unspecified atom stereocenters. The highest BCUT2D eigenvalue weighted by Crippen LogP contribution is 2.29. The Hall–Kier alpha value is -1.24. The first-order valence-electron chi connectivity index (χ1n) is 8.77. The van der Waals surface area contributed by atoms with Gasteiger partial charge in [0.2, 0.25) is 5.91 Å². The quantitative estimate of drug-likeness (QED) is 0.419. The third-order valence-electron chi connectivity index (χ3n) is 3.99. The van der Waals surface area contributed by atoms with Crippen LogP contribution in [0.5, 0.6) is 0 Å². The van der Waals surface area contributed by atoms with Crippen LogP contribution < -0.4 is 5.32 Å². The number of halogens is 2. The molecule has 1 N–H and O–H groups in total. The molecule has 0 radical (unpaired) electrons. The molecule has 0 spiro atoms. The first-order valence-corrected chi connectivity index (χ1v) is 10.5. The van der Waals surface area contributed by atoms with Gasteiger partial charge in [-0.3, -0.25) is 4.79 Å². The molecule has 1 heterocycles. The Kier molecular flexibility index (Phi) is 8.75. The maximum atomic E-state index is 12.1. The monoisotopic (exact) mass is 414 g/mol. The summed E-state index contributed by atoms with van der Waals surface area (Å²) in [6.07, 6.45) is 7.04. The van der Waals surface area contributed by atoms with Crippen molar-refractivity contribution >= 4 is 46.6 Å². The number of hydrogen-bond acceptors (Lipinski definition) is 4. The lowest BCUT2D eigenvalue weighted by atomic mass is 10.1. The number of nitrogens with zero attached hydrogens (tertiary/aromatic N) is 3. The molecule has 0 atom stereocenters. The average Bonchev–Trinajstić information content (AvgIpc) is 2.97. The summed E-state index contributed by atoms with van der Waals surface area (Å²) in [5.74, 6) is 1.02. The minimum absolute atomic E-state index is 0.164. The number of anilines is 1. The van der Waals surface area contributed by atoms with E-state index in [9.17, 15) is 4.79 Å². The second-order valence-electron chi connectivity index (χ2n) is 6.06. The van der Waals surface area contributed by atoms with Crippen LogP contribution in [-0.4, -0.2) is 26.4 Å². The predicted octanol–water partition coefficient (Wildman–Crippen LogP) is 5.37. The zero-order valence-electron chi connectivity index (χ0n) is 15.1. The van der Waals surface area contributed by atoms with Crippen LogP contribution in [0.15, 0.2) is 23.4 Å². The van der Waals surface area contributed by atoms with Crippen molar-refractivity contribution in [2.24, 2.45) is 7.05 Å². The second kappa shape index (κ2) is 10.8. The Bertz CT molecular complexity index is 736. The fourth-order valence-electron chi connectivity index (χ4n) is 2.49. The fraction of sp³-hybridized carbons (Fsp3) is 0.500. The van der Waals surface area contributed by atoms with Crippen molar-refractivity contribution in [1.29, 1.82) is 0 Å². The number of thioether (sulfide) groups is 1. The lowest BCUT2D eigenvalue weighted by Crippen LogP contribution is -2.15. The topological polar surface area (TPSA) is 59.8 Å². The summed E-state index contributed by atoms with van der Waals surface area (Å²) in [4.78, 5) is 12.1. The number of rotatable bonds is 10. The largest absolute Gasteiger partial charge is 0.324 e. The molecule has 0 saturated carbocycles. The third kappa shape index (κ3) is 6.18. The van der Waals surface area contributed by atoms with Crippen LogP contribution in [0.25, 0.3) is 0 Å². The summed E-state index contributed by atoms with van der Waals surface area (Å²) in [6, 6.07) is 5.14. The molecular weight excluding hydrogens is 391 g/mol. The molecule has 0 aliphatic heterocycles. The number of aromatic nitrogens is 3. The van der Waals surface area contributed by atoms with Crippen LogP contribution >= 0.6 is 35.0 Å². The van der Waals surface area contributed by atoms with E-state index < -0.39 is 0 Å². The van der Waals surface area contributed by atoms with Gasteiger partial charge in [0.05, 0.1) is 21.5 Å². The van der Waals surface area contributed by atoms with E-state index in [2.05, 4.69) is 22.4 Å². The molecule has 26 heavy (non-hydrogen) atoms. The van der Waals surface area contributed by atoms with E-state index in [4.69, 9.17) is 23.2 Å². The minimum Gasteiger partial charge on any atom is -0.324 e. The average molecular weight is 415 g/mol. The highest BCUT2D eigenvalue weighted by atomic mass is 35.5. The standard InChI is InChI=1S/C18H24Cl2N4OS/c1-3-4-5-6-7-11-15-22-23-18(24(15)2)26-12-16(25)21-14-10-8-9-13(19)17(14)20/h8-10H,3-7,11-12H2,1-2H3,(H,21,25). The molecule has 0 saturated heterocycles. The van der Waals surface area contributed by atoms with Crippen molar-refractivity contribution in [3.63, 3.8) is 0 Å². The highest BCUT2D eigenvalue weighted by molar-refractivity contribution is 7.99. The Labute approximate surface area is 168 Å². The summed E-state index contributed by atoms with van der Waals surface area (Å²) in [5.41, 5.74) is 0.510.